The molecule has 2 rings (SSSR count). The fourth-order valence-electron chi connectivity index (χ4n) is 2.10. The van der Waals surface area contributed by atoms with Crippen LogP contribution in [0.15, 0.2) is 41.2 Å². The van der Waals surface area contributed by atoms with Crippen molar-refractivity contribution in [3.63, 3.8) is 0 Å². The number of likely N-dealkylation sites (N-methyl/N-ethyl adjacent to an activating group) is 1. The topological polar surface area (TPSA) is 34.4 Å². The first-order valence-corrected chi connectivity index (χ1v) is 6.32. The Hall–Kier alpha value is -1.81. The van der Waals surface area contributed by atoms with E-state index in [2.05, 4.69) is 5.32 Å². The van der Waals surface area contributed by atoms with Gasteiger partial charge in [0.05, 0.1) is 19.6 Å². The van der Waals surface area contributed by atoms with E-state index in [4.69, 9.17) is 9.15 Å². The molecular weight excluding hydrogens is 245 g/mol. The lowest BCUT2D eigenvalue weighted by Gasteiger charge is -2.16. The van der Waals surface area contributed by atoms with E-state index in [0.29, 0.717) is 6.42 Å². The van der Waals surface area contributed by atoms with E-state index in [1.807, 2.05) is 19.1 Å². The fraction of sp³-hybridized carbons (Fsp3) is 0.333. The lowest BCUT2D eigenvalue weighted by Crippen LogP contribution is -2.22. The van der Waals surface area contributed by atoms with Crippen LogP contribution in [0.1, 0.15) is 24.1 Å². The molecule has 19 heavy (non-hydrogen) atoms. The smallest absolute Gasteiger partial charge is 0.165 e. The van der Waals surface area contributed by atoms with Crippen molar-refractivity contribution in [3.05, 3.63) is 53.7 Å². The first kappa shape index (κ1) is 13.6. The van der Waals surface area contributed by atoms with E-state index < -0.39 is 0 Å². The number of methoxy groups -OCH3 is 1. The predicted octanol–water partition coefficient (Wildman–Crippen LogP) is 3.32. The predicted molar refractivity (Wildman–Crippen MR) is 71.8 cm³/mol. The van der Waals surface area contributed by atoms with E-state index in [-0.39, 0.29) is 17.6 Å². The maximum Gasteiger partial charge on any atom is 0.165 e. The summed E-state index contributed by atoms with van der Waals surface area (Å²) in [6, 6.07) is 7.10. The van der Waals surface area contributed by atoms with Crippen LogP contribution < -0.4 is 10.1 Å². The minimum absolute atomic E-state index is 0.122. The van der Waals surface area contributed by atoms with Gasteiger partial charge in [-0.25, -0.2) is 4.39 Å². The van der Waals surface area contributed by atoms with Crippen LogP contribution in [0.4, 0.5) is 4.39 Å². The van der Waals surface area contributed by atoms with Crippen LogP contribution in [0, 0.1) is 5.82 Å². The Morgan fingerprint density at radius 2 is 2.21 bits per heavy atom. The van der Waals surface area contributed by atoms with Crippen molar-refractivity contribution >= 4 is 0 Å². The lowest BCUT2D eigenvalue weighted by atomic mass is 10.0. The molecule has 1 N–H and O–H groups in total. The standard InChI is InChI=1S/C15H18FNO2/c1-3-17-14(12-6-7-19-10-12)9-11-4-5-15(18-2)13(16)8-11/h4-8,10,14,17H,3,9H2,1-2H3. The van der Waals surface area contributed by atoms with Gasteiger partial charge in [0, 0.05) is 11.6 Å². The molecule has 1 unspecified atom stereocenters. The van der Waals surface area contributed by atoms with Crippen LogP contribution in [0.25, 0.3) is 0 Å². The van der Waals surface area contributed by atoms with Gasteiger partial charge in [0.15, 0.2) is 11.6 Å². The van der Waals surface area contributed by atoms with Crippen LogP contribution in [0.2, 0.25) is 0 Å². The average molecular weight is 263 g/mol. The third-order valence-corrected chi connectivity index (χ3v) is 3.05. The largest absolute Gasteiger partial charge is 0.494 e. The zero-order valence-electron chi connectivity index (χ0n) is 11.2. The number of halogens is 1. The summed E-state index contributed by atoms with van der Waals surface area (Å²) in [4.78, 5) is 0. The Kier molecular flexibility index (Phi) is 4.58. The van der Waals surface area contributed by atoms with Crippen LogP contribution >= 0.6 is 0 Å². The summed E-state index contributed by atoms with van der Waals surface area (Å²) in [5.41, 5.74) is 1.99. The van der Waals surface area contributed by atoms with Crippen LogP contribution in [-0.2, 0) is 6.42 Å². The molecule has 0 aliphatic heterocycles. The summed E-state index contributed by atoms with van der Waals surface area (Å²) in [7, 11) is 1.46. The van der Waals surface area contributed by atoms with Gasteiger partial charge < -0.3 is 14.5 Å². The van der Waals surface area contributed by atoms with E-state index >= 15 is 0 Å². The number of furan rings is 1. The van der Waals surface area contributed by atoms with Crippen LogP contribution in [-0.4, -0.2) is 13.7 Å². The van der Waals surface area contributed by atoms with Crippen molar-refractivity contribution < 1.29 is 13.5 Å². The molecule has 1 atom stereocenters. The van der Waals surface area contributed by atoms with E-state index in [9.17, 15) is 4.39 Å². The van der Waals surface area contributed by atoms with Gasteiger partial charge in [-0.05, 0) is 36.7 Å². The molecule has 0 radical (unpaired) electrons. The van der Waals surface area contributed by atoms with Gasteiger partial charge in [-0.3, -0.25) is 0 Å². The molecule has 102 valence electrons. The molecule has 1 aromatic carbocycles. The summed E-state index contributed by atoms with van der Waals surface area (Å²) in [5, 5.41) is 3.37. The third kappa shape index (κ3) is 3.35. The Bertz CT molecular complexity index is 511. The maximum absolute atomic E-state index is 13.7. The number of rotatable bonds is 6. The zero-order valence-corrected chi connectivity index (χ0v) is 11.2. The molecule has 0 aliphatic carbocycles. The van der Waals surface area contributed by atoms with Crippen molar-refractivity contribution in [3.8, 4) is 5.75 Å². The first-order chi connectivity index (χ1) is 9.24. The van der Waals surface area contributed by atoms with Gasteiger partial charge in [0.2, 0.25) is 0 Å². The molecule has 4 heteroatoms. The van der Waals surface area contributed by atoms with Gasteiger partial charge in [-0.1, -0.05) is 13.0 Å². The number of nitrogens with one attached hydrogen (secondary N) is 1. The molecule has 0 aliphatic rings. The van der Waals surface area contributed by atoms with Crippen LogP contribution in [0.5, 0.6) is 5.75 Å². The van der Waals surface area contributed by atoms with Gasteiger partial charge in [-0.15, -0.1) is 0 Å². The molecule has 0 spiro atoms. The molecule has 2 aromatic rings. The second-order valence-electron chi connectivity index (χ2n) is 4.34. The van der Waals surface area contributed by atoms with Gasteiger partial charge in [-0.2, -0.15) is 0 Å². The number of hydrogen-bond acceptors (Lipinski definition) is 3. The number of ether oxygens (including phenoxy) is 1. The fourth-order valence-corrected chi connectivity index (χ4v) is 2.10. The minimum atomic E-state index is -0.331. The summed E-state index contributed by atoms with van der Waals surface area (Å²) < 4.78 is 23.7. The third-order valence-electron chi connectivity index (χ3n) is 3.05. The van der Waals surface area contributed by atoms with Crippen LogP contribution in [0.3, 0.4) is 0 Å². The summed E-state index contributed by atoms with van der Waals surface area (Å²) in [5.74, 6) is -0.0606. The lowest BCUT2D eigenvalue weighted by molar-refractivity contribution is 0.386. The van der Waals surface area contributed by atoms with Gasteiger partial charge in [0.25, 0.3) is 0 Å². The van der Waals surface area contributed by atoms with Gasteiger partial charge >= 0.3 is 0 Å². The molecule has 0 amide bonds. The molecule has 1 heterocycles. The highest BCUT2D eigenvalue weighted by Crippen LogP contribution is 2.23. The molecule has 3 nitrogen and oxygen atoms in total. The number of benzene rings is 1. The highest BCUT2D eigenvalue weighted by molar-refractivity contribution is 5.30. The summed E-state index contributed by atoms with van der Waals surface area (Å²) >= 11 is 0. The Morgan fingerprint density at radius 1 is 1.37 bits per heavy atom. The van der Waals surface area contributed by atoms with Gasteiger partial charge in [0.1, 0.15) is 0 Å². The SMILES string of the molecule is CCNC(Cc1ccc(OC)c(F)c1)c1ccoc1. The Balaban J connectivity index is 2.15. The van der Waals surface area contributed by atoms with Crippen molar-refractivity contribution in [2.75, 3.05) is 13.7 Å². The van der Waals surface area contributed by atoms with E-state index in [1.165, 1.54) is 13.2 Å². The maximum atomic E-state index is 13.7. The molecule has 0 saturated heterocycles. The minimum Gasteiger partial charge on any atom is -0.494 e. The van der Waals surface area contributed by atoms with E-state index in [0.717, 1.165) is 17.7 Å². The zero-order chi connectivity index (χ0) is 13.7. The highest BCUT2D eigenvalue weighted by Gasteiger charge is 2.13. The summed E-state index contributed by atoms with van der Waals surface area (Å²) in [6.45, 7) is 2.89. The summed E-state index contributed by atoms with van der Waals surface area (Å²) in [6.07, 6.45) is 4.07. The molecule has 0 saturated carbocycles. The van der Waals surface area contributed by atoms with E-state index in [1.54, 1.807) is 18.6 Å². The quantitative estimate of drug-likeness (QED) is 0.868. The van der Waals surface area contributed by atoms with Crippen molar-refractivity contribution in [2.24, 2.45) is 0 Å². The normalized spacial score (nSPS) is 12.4. The Morgan fingerprint density at radius 3 is 2.79 bits per heavy atom. The average Bonchev–Trinajstić information content (AvgIpc) is 2.92. The second kappa shape index (κ2) is 6.38. The first-order valence-electron chi connectivity index (χ1n) is 6.32. The molecular formula is C15H18FNO2. The number of hydrogen-bond donors (Lipinski definition) is 1. The second-order valence-corrected chi connectivity index (χ2v) is 4.34. The van der Waals surface area contributed by atoms with Crippen molar-refractivity contribution in [2.45, 2.75) is 19.4 Å². The van der Waals surface area contributed by atoms with Crippen molar-refractivity contribution in [1.82, 2.24) is 5.32 Å². The molecule has 0 fully saturated rings. The highest BCUT2D eigenvalue weighted by atomic mass is 19.1. The molecule has 1 aromatic heterocycles. The molecule has 0 bridgehead atoms. The Labute approximate surface area is 112 Å². The van der Waals surface area contributed by atoms with Crippen molar-refractivity contribution in [1.29, 1.82) is 0 Å². The monoisotopic (exact) mass is 263 g/mol.